The molecule has 0 spiro atoms. The molecule has 4 aromatic rings. The molecule has 3 aromatic carbocycles. The second-order valence-corrected chi connectivity index (χ2v) is 6.69. The average molecular weight is 370 g/mol. The monoisotopic (exact) mass is 370 g/mol. The number of H-pyrrole nitrogens is 1. The third-order valence-electron chi connectivity index (χ3n) is 5.00. The van der Waals surface area contributed by atoms with Gasteiger partial charge in [-0.1, -0.05) is 54.6 Å². The van der Waals surface area contributed by atoms with Gasteiger partial charge in [0, 0.05) is 35.1 Å². The highest BCUT2D eigenvalue weighted by molar-refractivity contribution is 5.94. The molecule has 0 aliphatic heterocycles. The summed E-state index contributed by atoms with van der Waals surface area (Å²) in [5.41, 5.74) is 4.02. The number of aromatic nitrogens is 1. The number of nitrogens with one attached hydrogen (secondary N) is 2. The Bertz CT molecular complexity index is 1090. The van der Waals surface area contributed by atoms with Gasteiger partial charge in [-0.3, -0.25) is 4.79 Å². The van der Waals surface area contributed by atoms with Crippen molar-refractivity contribution in [2.45, 2.75) is 5.92 Å². The van der Waals surface area contributed by atoms with Crippen LogP contribution in [0.2, 0.25) is 0 Å². The first-order valence-electron chi connectivity index (χ1n) is 9.29. The third-order valence-corrected chi connectivity index (χ3v) is 5.00. The first-order chi connectivity index (χ1) is 13.8. The van der Waals surface area contributed by atoms with Gasteiger partial charge in [-0.25, -0.2) is 0 Å². The van der Waals surface area contributed by atoms with Gasteiger partial charge in [-0.05, 0) is 35.4 Å². The average Bonchev–Trinajstić information content (AvgIpc) is 3.18. The van der Waals surface area contributed by atoms with Crippen LogP contribution in [0.3, 0.4) is 0 Å². The van der Waals surface area contributed by atoms with Crippen molar-refractivity contribution in [1.29, 1.82) is 0 Å². The number of hydrogen-bond acceptors (Lipinski definition) is 2. The van der Waals surface area contributed by atoms with Crippen LogP contribution in [0.5, 0.6) is 5.75 Å². The minimum atomic E-state index is -0.111. The summed E-state index contributed by atoms with van der Waals surface area (Å²) in [5.74, 6) is 0.607. The van der Waals surface area contributed by atoms with Gasteiger partial charge in [0.15, 0.2) is 0 Å². The number of fused-ring (bicyclic) bond motifs is 1. The van der Waals surface area contributed by atoms with Gasteiger partial charge in [0.2, 0.25) is 0 Å². The largest absolute Gasteiger partial charge is 0.497 e. The van der Waals surface area contributed by atoms with Gasteiger partial charge >= 0.3 is 0 Å². The van der Waals surface area contributed by atoms with Gasteiger partial charge < -0.3 is 15.0 Å². The lowest BCUT2D eigenvalue weighted by Crippen LogP contribution is -2.28. The first-order valence-corrected chi connectivity index (χ1v) is 9.29. The van der Waals surface area contributed by atoms with Crippen LogP contribution in [0.15, 0.2) is 85.1 Å². The molecule has 4 nitrogen and oxygen atoms in total. The zero-order chi connectivity index (χ0) is 19.3. The molecule has 4 rings (SSSR count). The molecule has 0 bridgehead atoms. The van der Waals surface area contributed by atoms with E-state index in [4.69, 9.17) is 4.74 Å². The van der Waals surface area contributed by atoms with Crippen molar-refractivity contribution < 1.29 is 9.53 Å². The Hall–Kier alpha value is -3.53. The summed E-state index contributed by atoms with van der Waals surface area (Å²) in [6.45, 7) is 0.502. The summed E-state index contributed by atoms with van der Waals surface area (Å²) in [6, 6.07) is 25.7. The van der Waals surface area contributed by atoms with Crippen LogP contribution in [0.4, 0.5) is 0 Å². The van der Waals surface area contributed by atoms with Crippen molar-refractivity contribution in [1.82, 2.24) is 10.3 Å². The Morgan fingerprint density at radius 2 is 1.79 bits per heavy atom. The third kappa shape index (κ3) is 3.62. The number of para-hydroxylation sites is 1. The van der Waals surface area contributed by atoms with Crippen molar-refractivity contribution in [3.63, 3.8) is 0 Å². The number of rotatable bonds is 6. The lowest BCUT2D eigenvalue weighted by molar-refractivity contribution is 0.0952. The van der Waals surface area contributed by atoms with Crippen molar-refractivity contribution in [3.05, 3.63) is 102 Å². The molecule has 0 fully saturated rings. The van der Waals surface area contributed by atoms with E-state index >= 15 is 0 Å². The molecule has 1 unspecified atom stereocenters. The molecule has 2 N–H and O–H groups in total. The molecule has 0 aliphatic rings. The highest BCUT2D eigenvalue weighted by Gasteiger charge is 2.19. The van der Waals surface area contributed by atoms with Gasteiger partial charge in [0.1, 0.15) is 5.75 Å². The predicted octanol–water partition coefficient (Wildman–Crippen LogP) is 4.74. The lowest BCUT2D eigenvalue weighted by atomic mass is 9.91. The first kappa shape index (κ1) is 17.9. The summed E-state index contributed by atoms with van der Waals surface area (Å²) < 4.78 is 5.22. The van der Waals surface area contributed by atoms with Gasteiger partial charge in [-0.2, -0.15) is 0 Å². The Kier molecular flexibility index (Phi) is 5.11. The lowest BCUT2D eigenvalue weighted by Gasteiger charge is -2.18. The maximum absolute atomic E-state index is 12.7. The van der Waals surface area contributed by atoms with E-state index in [2.05, 4.69) is 34.6 Å². The number of ether oxygens (including phenoxy) is 1. The summed E-state index contributed by atoms with van der Waals surface area (Å²) in [7, 11) is 1.60. The maximum Gasteiger partial charge on any atom is 0.251 e. The predicted molar refractivity (Wildman–Crippen MR) is 112 cm³/mol. The molecule has 4 heteroatoms. The summed E-state index contributed by atoms with van der Waals surface area (Å²) in [4.78, 5) is 16.1. The quantitative estimate of drug-likeness (QED) is 0.515. The number of aromatic amines is 1. The van der Waals surface area contributed by atoms with E-state index in [0.717, 1.165) is 11.1 Å². The highest BCUT2D eigenvalue weighted by Crippen LogP contribution is 2.30. The van der Waals surface area contributed by atoms with E-state index < -0.39 is 0 Å². The number of benzene rings is 3. The summed E-state index contributed by atoms with van der Waals surface area (Å²) in [6.07, 6.45) is 2.04. The van der Waals surface area contributed by atoms with Gasteiger partial charge in [0.25, 0.3) is 5.91 Å². The number of methoxy groups -OCH3 is 1. The van der Waals surface area contributed by atoms with Crippen LogP contribution >= 0.6 is 0 Å². The van der Waals surface area contributed by atoms with E-state index in [0.29, 0.717) is 17.9 Å². The highest BCUT2D eigenvalue weighted by atomic mass is 16.5. The molecule has 0 saturated heterocycles. The second-order valence-electron chi connectivity index (χ2n) is 6.69. The normalized spacial score (nSPS) is 11.9. The molecule has 0 radical (unpaired) electrons. The zero-order valence-corrected chi connectivity index (χ0v) is 15.7. The molecular formula is C24H22N2O2. The van der Waals surface area contributed by atoms with Gasteiger partial charge in [0.05, 0.1) is 7.11 Å². The Labute approximate surface area is 164 Å². The van der Waals surface area contributed by atoms with Crippen LogP contribution in [-0.2, 0) is 0 Å². The molecule has 1 amide bonds. The van der Waals surface area contributed by atoms with Crippen LogP contribution in [0.25, 0.3) is 10.9 Å². The smallest absolute Gasteiger partial charge is 0.251 e. The second kappa shape index (κ2) is 8.01. The molecule has 1 heterocycles. The van der Waals surface area contributed by atoms with Crippen molar-refractivity contribution in [2.24, 2.45) is 0 Å². The van der Waals surface area contributed by atoms with E-state index in [1.807, 2.05) is 48.7 Å². The Morgan fingerprint density at radius 3 is 2.61 bits per heavy atom. The summed E-state index contributed by atoms with van der Waals surface area (Å²) >= 11 is 0. The fourth-order valence-electron chi connectivity index (χ4n) is 3.54. The van der Waals surface area contributed by atoms with Crippen LogP contribution in [0, 0.1) is 0 Å². The van der Waals surface area contributed by atoms with Crippen LogP contribution in [0.1, 0.15) is 27.4 Å². The maximum atomic E-state index is 12.7. The van der Waals surface area contributed by atoms with E-state index in [1.165, 1.54) is 10.9 Å². The molecule has 140 valence electrons. The molecule has 0 aliphatic carbocycles. The minimum absolute atomic E-state index is 0.0481. The van der Waals surface area contributed by atoms with E-state index in [-0.39, 0.29) is 11.8 Å². The number of carbonyl (C=O) groups is 1. The molecule has 28 heavy (non-hydrogen) atoms. The number of carbonyl (C=O) groups excluding carboxylic acids is 1. The molecule has 1 aromatic heterocycles. The molecule has 0 saturated carbocycles. The summed E-state index contributed by atoms with van der Waals surface area (Å²) in [5, 5.41) is 4.27. The standard InChI is InChI=1S/C24H22N2O2/c1-28-19-11-7-10-18(14-19)24(27)26-15-21(17-8-3-2-4-9-17)22-16-25-23-13-6-5-12-20(22)23/h2-14,16,21,25H,15H2,1H3,(H,26,27). The van der Waals surface area contributed by atoms with Crippen LogP contribution < -0.4 is 10.1 Å². The van der Waals surface area contributed by atoms with E-state index in [1.54, 1.807) is 19.2 Å². The molecular weight excluding hydrogens is 348 g/mol. The Balaban J connectivity index is 1.62. The minimum Gasteiger partial charge on any atom is -0.497 e. The van der Waals surface area contributed by atoms with Crippen molar-refractivity contribution in [2.75, 3.05) is 13.7 Å². The van der Waals surface area contributed by atoms with E-state index in [9.17, 15) is 4.79 Å². The fourth-order valence-corrected chi connectivity index (χ4v) is 3.54. The zero-order valence-electron chi connectivity index (χ0n) is 15.7. The SMILES string of the molecule is COc1cccc(C(=O)NCC(c2ccccc2)c2c[nH]c3ccccc23)c1. The number of amides is 1. The van der Waals surface area contributed by atoms with Gasteiger partial charge in [-0.15, -0.1) is 0 Å². The van der Waals surface area contributed by atoms with Crippen molar-refractivity contribution >= 4 is 16.8 Å². The fraction of sp³-hybridized carbons (Fsp3) is 0.125. The van der Waals surface area contributed by atoms with Crippen LogP contribution in [-0.4, -0.2) is 24.5 Å². The topological polar surface area (TPSA) is 54.1 Å². The molecule has 1 atom stereocenters. The number of hydrogen-bond donors (Lipinski definition) is 2. The van der Waals surface area contributed by atoms with Crippen molar-refractivity contribution in [3.8, 4) is 5.75 Å². The Morgan fingerprint density at radius 1 is 1.00 bits per heavy atom.